The Bertz CT molecular complexity index is 612. The Hall–Kier alpha value is -2.00. The van der Waals surface area contributed by atoms with Gasteiger partial charge in [-0.3, -0.25) is 0 Å². The third-order valence-electron chi connectivity index (χ3n) is 4.08. The van der Waals surface area contributed by atoms with Gasteiger partial charge in [0.2, 0.25) is 0 Å². The van der Waals surface area contributed by atoms with E-state index in [4.69, 9.17) is 10.5 Å². The molecule has 110 valence electrons. The molecular formula is C18H22N2O. The topological polar surface area (TPSA) is 38.5 Å². The normalized spacial score (nSPS) is 14.9. The first kappa shape index (κ1) is 14.0. The highest BCUT2D eigenvalue weighted by molar-refractivity contribution is 5.59. The Morgan fingerprint density at radius 3 is 2.86 bits per heavy atom. The van der Waals surface area contributed by atoms with E-state index >= 15 is 0 Å². The van der Waals surface area contributed by atoms with Crippen molar-refractivity contribution in [2.75, 3.05) is 24.6 Å². The number of benzene rings is 2. The minimum absolute atomic E-state index is 0.203. The molecule has 2 N–H and O–H groups in total. The van der Waals surface area contributed by atoms with Crippen LogP contribution in [0.2, 0.25) is 0 Å². The van der Waals surface area contributed by atoms with Gasteiger partial charge in [-0.1, -0.05) is 30.3 Å². The van der Waals surface area contributed by atoms with Crippen molar-refractivity contribution in [1.82, 2.24) is 0 Å². The number of hydrogen-bond acceptors (Lipinski definition) is 3. The van der Waals surface area contributed by atoms with E-state index in [0.29, 0.717) is 13.2 Å². The van der Waals surface area contributed by atoms with Crippen LogP contribution in [0, 0.1) is 0 Å². The van der Waals surface area contributed by atoms with Crippen molar-refractivity contribution in [2.24, 2.45) is 5.73 Å². The second kappa shape index (κ2) is 6.19. The van der Waals surface area contributed by atoms with Crippen LogP contribution in [0.1, 0.15) is 24.1 Å². The lowest BCUT2D eigenvalue weighted by Crippen LogP contribution is -2.32. The van der Waals surface area contributed by atoms with Gasteiger partial charge in [0, 0.05) is 18.8 Å². The first-order chi connectivity index (χ1) is 10.3. The van der Waals surface area contributed by atoms with Crippen LogP contribution in [0.5, 0.6) is 5.75 Å². The minimum Gasteiger partial charge on any atom is -0.494 e. The average Bonchev–Trinajstić information content (AvgIpc) is 2.93. The first-order valence-corrected chi connectivity index (χ1v) is 7.61. The van der Waals surface area contributed by atoms with Gasteiger partial charge in [-0.2, -0.15) is 0 Å². The molecule has 3 nitrogen and oxygen atoms in total. The zero-order valence-corrected chi connectivity index (χ0v) is 12.5. The molecule has 0 fully saturated rings. The number of rotatable bonds is 5. The number of nitrogens with zero attached hydrogens (tertiary/aromatic N) is 1. The van der Waals surface area contributed by atoms with E-state index in [-0.39, 0.29) is 6.04 Å². The molecule has 1 heterocycles. The Labute approximate surface area is 126 Å². The van der Waals surface area contributed by atoms with Crippen molar-refractivity contribution in [2.45, 2.75) is 19.4 Å². The summed E-state index contributed by atoms with van der Waals surface area (Å²) in [5.41, 5.74) is 10.0. The van der Waals surface area contributed by atoms with E-state index in [0.717, 1.165) is 18.7 Å². The molecule has 0 saturated carbocycles. The summed E-state index contributed by atoms with van der Waals surface area (Å²) < 4.78 is 5.61. The lowest BCUT2D eigenvalue weighted by molar-refractivity contribution is 0.339. The molecule has 0 radical (unpaired) electrons. The number of hydrogen-bond donors (Lipinski definition) is 1. The quantitative estimate of drug-likeness (QED) is 0.915. The predicted octanol–water partition coefficient (Wildman–Crippen LogP) is 3.15. The molecule has 0 aromatic heterocycles. The summed E-state index contributed by atoms with van der Waals surface area (Å²) in [6.45, 7) is 4.32. The third kappa shape index (κ3) is 2.74. The summed E-state index contributed by atoms with van der Waals surface area (Å²) >= 11 is 0. The maximum absolute atomic E-state index is 6.08. The number of anilines is 1. The van der Waals surface area contributed by atoms with Crippen LogP contribution in [0.15, 0.2) is 48.5 Å². The summed E-state index contributed by atoms with van der Waals surface area (Å²) in [7, 11) is 0. The van der Waals surface area contributed by atoms with Gasteiger partial charge in [0.15, 0.2) is 0 Å². The molecule has 1 unspecified atom stereocenters. The van der Waals surface area contributed by atoms with E-state index in [1.165, 1.54) is 16.8 Å². The van der Waals surface area contributed by atoms with Crippen LogP contribution in [0.4, 0.5) is 5.69 Å². The van der Waals surface area contributed by atoms with Crippen LogP contribution in [0.3, 0.4) is 0 Å². The number of ether oxygens (including phenoxy) is 1. The molecule has 3 rings (SSSR count). The van der Waals surface area contributed by atoms with Crippen molar-refractivity contribution >= 4 is 5.69 Å². The van der Waals surface area contributed by atoms with Gasteiger partial charge in [0.05, 0.1) is 12.6 Å². The molecule has 2 aromatic rings. The standard InChI is InChI=1S/C18H22N2O/c1-2-21-16-8-5-7-15(12-16)18(13-19)20-11-10-14-6-3-4-9-17(14)20/h3-9,12,18H,2,10-11,13,19H2,1H3. The van der Waals surface area contributed by atoms with E-state index in [9.17, 15) is 0 Å². The van der Waals surface area contributed by atoms with Gasteiger partial charge >= 0.3 is 0 Å². The molecule has 0 spiro atoms. The zero-order valence-electron chi connectivity index (χ0n) is 12.5. The summed E-state index contributed by atoms with van der Waals surface area (Å²) in [4.78, 5) is 2.42. The largest absolute Gasteiger partial charge is 0.494 e. The highest BCUT2D eigenvalue weighted by atomic mass is 16.5. The van der Waals surface area contributed by atoms with Crippen LogP contribution < -0.4 is 15.4 Å². The highest BCUT2D eigenvalue weighted by Gasteiger charge is 2.26. The maximum Gasteiger partial charge on any atom is 0.119 e. The summed E-state index contributed by atoms with van der Waals surface area (Å²) in [5, 5.41) is 0. The molecule has 21 heavy (non-hydrogen) atoms. The van der Waals surface area contributed by atoms with E-state index < -0.39 is 0 Å². The third-order valence-corrected chi connectivity index (χ3v) is 4.08. The molecule has 2 aromatic carbocycles. The summed E-state index contributed by atoms with van der Waals surface area (Å²) in [6.07, 6.45) is 1.10. The second-order valence-electron chi connectivity index (χ2n) is 5.33. The molecule has 0 amide bonds. The molecular weight excluding hydrogens is 260 g/mol. The van der Waals surface area contributed by atoms with Gasteiger partial charge < -0.3 is 15.4 Å². The van der Waals surface area contributed by atoms with Gasteiger partial charge in [0.1, 0.15) is 5.75 Å². The number of nitrogens with two attached hydrogens (primary N) is 1. The van der Waals surface area contributed by atoms with Crippen molar-refractivity contribution in [3.05, 3.63) is 59.7 Å². The smallest absolute Gasteiger partial charge is 0.119 e. The molecule has 1 aliphatic heterocycles. The number of para-hydroxylation sites is 1. The van der Waals surface area contributed by atoms with Gasteiger partial charge in [-0.25, -0.2) is 0 Å². The van der Waals surface area contributed by atoms with Crippen molar-refractivity contribution in [3.63, 3.8) is 0 Å². The monoisotopic (exact) mass is 282 g/mol. The summed E-state index contributed by atoms with van der Waals surface area (Å²) in [6, 6.07) is 17.1. The molecule has 1 atom stereocenters. The molecule has 1 aliphatic rings. The highest BCUT2D eigenvalue weighted by Crippen LogP contribution is 2.35. The Balaban J connectivity index is 1.91. The van der Waals surface area contributed by atoms with E-state index in [1.807, 2.05) is 19.1 Å². The van der Waals surface area contributed by atoms with Gasteiger partial charge in [-0.05, 0) is 42.7 Å². The lowest BCUT2D eigenvalue weighted by atomic mass is 10.0. The van der Waals surface area contributed by atoms with Crippen molar-refractivity contribution in [1.29, 1.82) is 0 Å². The minimum atomic E-state index is 0.203. The van der Waals surface area contributed by atoms with E-state index in [2.05, 4.69) is 41.3 Å². The number of fused-ring (bicyclic) bond motifs is 1. The van der Waals surface area contributed by atoms with Crippen LogP contribution in [0.25, 0.3) is 0 Å². The molecule has 0 saturated heterocycles. The van der Waals surface area contributed by atoms with E-state index in [1.54, 1.807) is 0 Å². The average molecular weight is 282 g/mol. The second-order valence-corrected chi connectivity index (χ2v) is 5.33. The van der Waals surface area contributed by atoms with Crippen LogP contribution in [-0.2, 0) is 6.42 Å². The lowest BCUT2D eigenvalue weighted by Gasteiger charge is -2.30. The first-order valence-electron chi connectivity index (χ1n) is 7.61. The zero-order chi connectivity index (χ0) is 14.7. The van der Waals surface area contributed by atoms with Crippen molar-refractivity contribution in [3.8, 4) is 5.75 Å². The van der Waals surface area contributed by atoms with Crippen LogP contribution >= 0.6 is 0 Å². The Morgan fingerprint density at radius 1 is 1.19 bits per heavy atom. The molecule has 0 aliphatic carbocycles. The van der Waals surface area contributed by atoms with Gasteiger partial charge in [0.25, 0.3) is 0 Å². The summed E-state index contributed by atoms with van der Waals surface area (Å²) in [5.74, 6) is 0.918. The van der Waals surface area contributed by atoms with Crippen LogP contribution in [-0.4, -0.2) is 19.7 Å². The molecule has 0 bridgehead atoms. The fourth-order valence-corrected chi connectivity index (χ4v) is 3.11. The molecule has 3 heteroatoms. The Kier molecular flexibility index (Phi) is 4.11. The SMILES string of the molecule is CCOc1cccc(C(CN)N2CCc3ccccc32)c1. The maximum atomic E-state index is 6.08. The Morgan fingerprint density at radius 2 is 2.05 bits per heavy atom. The fourth-order valence-electron chi connectivity index (χ4n) is 3.11. The van der Waals surface area contributed by atoms with Crippen molar-refractivity contribution < 1.29 is 4.74 Å². The predicted molar refractivity (Wildman–Crippen MR) is 86.9 cm³/mol. The fraction of sp³-hybridized carbons (Fsp3) is 0.333. The van der Waals surface area contributed by atoms with Gasteiger partial charge in [-0.15, -0.1) is 0 Å².